The van der Waals surface area contributed by atoms with Crippen LogP contribution in [0.5, 0.6) is 0 Å². The molecule has 1 N–H and O–H groups in total. The van der Waals surface area contributed by atoms with Crippen LogP contribution in [0.15, 0.2) is 54.6 Å². The third kappa shape index (κ3) is 3.57. The Labute approximate surface area is 140 Å². The molecule has 23 heavy (non-hydrogen) atoms. The van der Waals surface area contributed by atoms with Crippen LogP contribution in [0.3, 0.4) is 0 Å². The maximum absolute atomic E-state index is 4.39. The van der Waals surface area contributed by atoms with Crippen molar-refractivity contribution in [2.45, 2.75) is 19.9 Å². The number of rotatable bonds is 5. The minimum Gasteiger partial charge on any atom is -0.285 e. The predicted octanol–water partition coefficient (Wildman–Crippen LogP) is 4.22. The summed E-state index contributed by atoms with van der Waals surface area (Å²) in [5, 5.41) is 12.4. The topological polar surface area (TPSA) is 41.0 Å². The number of hydrogen-bond acceptors (Lipinski definition) is 5. The van der Waals surface area contributed by atoms with Crippen LogP contribution in [0.25, 0.3) is 21.7 Å². The number of nitrogens with zero attached hydrogens (tertiary/aromatic N) is 3. The zero-order valence-corrected chi connectivity index (χ0v) is 14.3. The molecule has 1 heterocycles. The molecule has 0 fully saturated rings. The van der Waals surface area contributed by atoms with Gasteiger partial charge in [-0.2, -0.15) is 0 Å². The SMILES string of the molecule is CC(C)NN(C)c1nnc(-c2ccccc2-c2ccccc2)s1. The lowest BCUT2D eigenvalue weighted by molar-refractivity contribution is 0.578. The van der Waals surface area contributed by atoms with E-state index in [1.807, 2.05) is 24.2 Å². The van der Waals surface area contributed by atoms with E-state index in [9.17, 15) is 0 Å². The van der Waals surface area contributed by atoms with Crippen molar-refractivity contribution >= 4 is 16.5 Å². The summed E-state index contributed by atoms with van der Waals surface area (Å²) in [5.74, 6) is 0. The van der Waals surface area contributed by atoms with E-state index in [0.29, 0.717) is 6.04 Å². The highest BCUT2D eigenvalue weighted by molar-refractivity contribution is 7.18. The lowest BCUT2D eigenvalue weighted by Crippen LogP contribution is -2.39. The zero-order valence-electron chi connectivity index (χ0n) is 13.5. The molecule has 0 aliphatic heterocycles. The summed E-state index contributed by atoms with van der Waals surface area (Å²) >= 11 is 1.59. The Morgan fingerprint density at radius 2 is 1.57 bits per heavy atom. The van der Waals surface area contributed by atoms with E-state index in [0.717, 1.165) is 15.7 Å². The highest BCUT2D eigenvalue weighted by atomic mass is 32.1. The van der Waals surface area contributed by atoms with Crippen LogP contribution in [0.1, 0.15) is 13.8 Å². The van der Waals surface area contributed by atoms with Gasteiger partial charge in [-0.25, -0.2) is 5.43 Å². The van der Waals surface area contributed by atoms with Crippen LogP contribution >= 0.6 is 11.3 Å². The number of anilines is 1. The third-order valence-corrected chi connectivity index (χ3v) is 4.43. The number of hydrogen-bond donors (Lipinski definition) is 1. The lowest BCUT2D eigenvalue weighted by Gasteiger charge is -2.19. The van der Waals surface area contributed by atoms with E-state index >= 15 is 0 Å². The third-order valence-electron chi connectivity index (χ3n) is 3.40. The van der Waals surface area contributed by atoms with Crippen molar-refractivity contribution in [3.63, 3.8) is 0 Å². The first-order valence-electron chi connectivity index (χ1n) is 7.63. The molecule has 0 amide bonds. The molecule has 118 valence electrons. The normalized spacial score (nSPS) is 11.0. The van der Waals surface area contributed by atoms with Crippen LogP contribution < -0.4 is 10.4 Å². The van der Waals surface area contributed by atoms with Crippen LogP contribution in [0.4, 0.5) is 5.13 Å². The van der Waals surface area contributed by atoms with Crippen LogP contribution in [-0.2, 0) is 0 Å². The second-order valence-electron chi connectivity index (χ2n) is 5.64. The zero-order chi connectivity index (χ0) is 16.2. The summed E-state index contributed by atoms with van der Waals surface area (Å²) in [6.07, 6.45) is 0. The fourth-order valence-corrected chi connectivity index (χ4v) is 3.26. The molecule has 3 aromatic rings. The first-order valence-corrected chi connectivity index (χ1v) is 8.45. The maximum atomic E-state index is 4.39. The van der Waals surface area contributed by atoms with E-state index in [1.165, 1.54) is 11.1 Å². The maximum Gasteiger partial charge on any atom is 0.222 e. The predicted molar refractivity (Wildman–Crippen MR) is 97.5 cm³/mol. The van der Waals surface area contributed by atoms with E-state index < -0.39 is 0 Å². The molecule has 0 saturated carbocycles. The first-order chi connectivity index (χ1) is 11.1. The molecular formula is C18H20N4S. The average Bonchev–Trinajstić information content (AvgIpc) is 3.05. The summed E-state index contributed by atoms with van der Waals surface area (Å²) in [4.78, 5) is 0. The molecule has 0 radical (unpaired) electrons. The van der Waals surface area contributed by atoms with Crippen molar-refractivity contribution in [2.24, 2.45) is 0 Å². The average molecular weight is 324 g/mol. The minimum atomic E-state index is 0.351. The molecule has 2 aromatic carbocycles. The summed E-state index contributed by atoms with van der Waals surface area (Å²) in [5.41, 5.74) is 6.79. The smallest absolute Gasteiger partial charge is 0.222 e. The molecule has 1 aromatic heterocycles. The van der Waals surface area contributed by atoms with E-state index in [4.69, 9.17) is 0 Å². The summed E-state index contributed by atoms with van der Waals surface area (Å²) < 4.78 is 0. The number of benzene rings is 2. The largest absolute Gasteiger partial charge is 0.285 e. The Morgan fingerprint density at radius 1 is 0.913 bits per heavy atom. The van der Waals surface area contributed by atoms with Crippen LogP contribution in [-0.4, -0.2) is 23.3 Å². The van der Waals surface area contributed by atoms with Gasteiger partial charge in [-0.05, 0) is 25.0 Å². The summed E-state index contributed by atoms with van der Waals surface area (Å²) in [6, 6.07) is 19.0. The summed E-state index contributed by atoms with van der Waals surface area (Å²) in [6.45, 7) is 4.20. The van der Waals surface area contributed by atoms with Crippen LogP contribution in [0, 0.1) is 0 Å². The van der Waals surface area contributed by atoms with Gasteiger partial charge in [-0.3, -0.25) is 5.01 Å². The monoisotopic (exact) mass is 324 g/mol. The molecule has 5 heteroatoms. The van der Waals surface area contributed by atoms with Gasteiger partial charge in [0.2, 0.25) is 5.13 Å². The fraction of sp³-hybridized carbons (Fsp3) is 0.222. The molecule has 4 nitrogen and oxygen atoms in total. The Balaban J connectivity index is 1.96. The number of aromatic nitrogens is 2. The van der Waals surface area contributed by atoms with Gasteiger partial charge in [0.1, 0.15) is 5.01 Å². The second kappa shape index (κ2) is 6.89. The van der Waals surface area contributed by atoms with Gasteiger partial charge in [0.15, 0.2) is 0 Å². The van der Waals surface area contributed by atoms with Gasteiger partial charge in [0.05, 0.1) is 0 Å². The van der Waals surface area contributed by atoms with E-state index in [-0.39, 0.29) is 0 Å². The number of nitrogens with one attached hydrogen (secondary N) is 1. The van der Waals surface area contributed by atoms with Gasteiger partial charge >= 0.3 is 0 Å². The quantitative estimate of drug-likeness (QED) is 0.713. The second-order valence-corrected chi connectivity index (χ2v) is 6.60. The molecule has 0 atom stereocenters. The molecule has 0 aliphatic carbocycles. The van der Waals surface area contributed by atoms with Gasteiger partial charge < -0.3 is 0 Å². The van der Waals surface area contributed by atoms with Crippen molar-refractivity contribution < 1.29 is 0 Å². The fourth-order valence-electron chi connectivity index (χ4n) is 2.44. The van der Waals surface area contributed by atoms with Crippen molar-refractivity contribution in [3.8, 4) is 21.7 Å². The Bertz CT molecular complexity index is 767. The van der Waals surface area contributed by atoms with Gasteiger partial charge in [-0.15, -0.1) is 10.2 Å². The minimum absolute atomic E-state index is 0.351. The van der Waals surface area contributed by atoms with Crippen molar-refractivity contribution in [1.82, 2.24) is 15.6 Å². The van der Waals surface area contributed by atoms with Crippen LogP contribution in [0.2, 0.25) is 0 Å². The molecule has 0 unspecified atom stereocenters. The molecule has 0 bridgehead atoms. The van der Waals surface area contributed by atoms with Gasteiger partial charge in [0, 0.05) is 18.7 Å². The molecular weight excluding hydrogens is 304 g/mol. The van der Waals surface area contributed by atoms with Crippen molar-refractivity contribution in [1.29, 1.82) is 0 Å². The van der Waals surface area contributed by atoms with Crippen molar-refractivity contribution in [2.75, 3.05) is 12.1 Å². The summed E-state index contributed by atoms with van der Waals surface area (Å²) in [7, 11) is 1.97. The van der Waals surface area contributed by atoms with Gasteiger partial charge in [0.25, 0.3) is 0 Å². The highest BCUT2D eigenvalue weighted by Crippen LogP contribution is 2.35. The Kier molecular flexibility index (Phi) is 4.69. The van der Waals surface area contributed by atoms with E-state index in [1.54, 1.807) is 11.3 Å². The first kappa shape index (κ1) is 15.6. The number of hydrazine groups is 1. The molecule has 3 rings (SSSR count). The van der Waals surface area contributed by atoms with E-state index in [2.05, 4.69) is 71.9 Å². The Hall–Kier alpha value is -2.24. The molecule has 0 spiro atoms. The lowest BCUT2D eigenvalue weighted by atomic mass is 10.0. The van der Waals surface area contributed by atoms with Crippen molar-refractivity contribution in [3.05, 3.63) is 54.6 Å². The highest BCUT2D eigenvalue weighted by Gasteiger charge is 2.14. The van der Waals surface area contributed by atoms with Gasteiger partial charge in [-0.1, -0.05) is 65.9 Å². The standard InChI is InChI=1S/C18H20N4S/c1-13(2)21-22(3)18-20-19-17(23-18)16-12-8-7-11-15(16)14-9-5-4-6-10-14/h4-13,21H,1-3H3. The molecule has 0 aliphatic rings. The Morgan fingerprint density at radius 3 is 2.26 bits per heavy atom. The molecule has 0 saturated heterocycles.